The summed E-state index contributed by atoms with van der Waals surface area (Å²) in [5, 5.41) is 5.30. The van der Waals surface area contributed by atoms with E-state index in [2.05, 4.69) is 15.6 Å². The molecule has 0 saturated carbocycles. The summed E-state index contributed by atoms with van der Waals surface area (Å²) in [4.78, 5) is 43.7. The minimum absolute atomic E-state index is 0.209. The Morgan fingerprint density at radius 2 is 1.78 bits per heavy atom. The first-order valence-corrected chi connectivity index (χ1v) is 11.2. The van der Waals surface area contributed by atoms with Crippen molar-refractivity contribution < 1.29 is 27.6 Å². The monoisotopic (exact) mass is 496 g/mol. The van der Waals surface area contributed by atoms with E-state index in [1.54, 1.807) is 43.0 Å². The van der Waals surface area contributed by atoms with Gasteiger partial charge in [-0.15, -0.1) is 0 Å². The number of anilines is 1. The zero-order valence-electron chi connectivity index (χ0n) is 19.6. The van der Waals surface area contributed by atoms with Crippen molar-refractivity contribution in [3.8, 4) is 0 Å². The number of fused-ring (bicyclic) bond motifs is 1. The highest BCUT2D eigenvalue weighted by atomic mass is 19.4. The second-order valence-corrected chi connectivity index (χ2v) is 8.38. The topological polar surface area (TPSA) is 91.4 Å². The summed E-state index contributed by atoms with van der Waals surface area (Å²) in [7, 11) is 0. The van der Waals surface area contributed by atoms with Crippen molar-refractivity contribution in [3.05, 3.63) is 93.8 Å². The number of halogens is 3. The van der Waals surface area contributed by atoms with E-state index in [1.165, 1.54) is 18.3 Å². The van der Waals surface area contributed by atoms with E-state index in [0.29, 0.717) is 28.8 Å². The summed E-state index contributed by atoms with van der Waals surface area (Å²) in [5.74, 6) is -0.996. The van der Waals surface area contributed by atoms with Crippen LogP contribution in [0.1, 0.15) is 60.4 Å². The number of hydrogen-bond acceptors (Lipinski definition) is 4. The fourth-order valence-electron chi connectivity index (χ4n) is 4.09. The van der Waals surface area contributed by atoms with Crippen LogP contribution in [0.5, 0.6) is 0 Å². The van der Waals surface area contributed by atoms with Crippen LogP contribution >= 0.6 is 0 Å². The zero-order valence-corrected chi connectivity index (χ0v) is 19.6. The molecule has 10 heteroatoms. The molecule has 1 aliphatic rings. The van der Waals surface area contributed by atoms with Crippen LogP contribution in [0.15, 0.2) is 54.7 Å². The number of pyridine rings is 1. The lowest BCUT2D eigenvalue weighted by Gasteiger charge is -2.17. The summed E-state index contributed by atoms with van der Waals surface area (Å²) >= 11 is 0. The van der Waals surface area contributed by atoms with Gasteiger partial charge in [-0.3, -0.25) is 19.4 Å². The molecule has 3 amide bonds. The van der Waals surface area contributed by atoms with Crippen LogP contribution in [0.4, 0.5) is 18.9 Å². The van der Waals surface area contributed by atoms with Crippen LogP contribution < -0.4 is 10.6 Å². The molecule has 0 unspecified atom stereocenters. The number of nitrogens with one attached hydrogen (secondary N) is 2. The number of amides is 3. The van der Waals surface area contributed by atoms with Crippen LogP contribution in [0, 0.1) is 6.92 Å². The first-order chi connectivity index (χ1) is 17.1. The molecule has 0 saturated heterocycles. The molecule has 7 nitrogen and oxygen atoms in total. The Morgan fingerprint density at radius 1 is 1.06 bits per heavy atom. The average molecular weight is 496 g/mol. The molecule has 186 valence electrons. The molecule has 2 N–H and O–H groups in total. The van der Waals surface area contributed by atoms with Gasteiger partial charge >= 0.3 is 6.18 Å². The number of carbonyl (C=O) groups excluding carboxylic acids is 3. The molecule has 0 aliphatic carbocycles. The van der Waals surface area contributed by atoms with Gasteiger partial charge < -0.3 is 15.5 Å². The highest BCUT2D eigenvalue weighted by molar-refractivity contribution is 6.05. The maximum absolute atomic E-state index is 12.9. The molecule has 1 aromatic heterocycles. The summed E-state index contributed by atoms with van der Waals surface area (Å²) in [6.45, 7) is 4.49. The van der Waals surface area contributed by atoms with Gasteiger partial charge in [-0.25, -0.2) is 0 Å². The van der Waals surface area contributed by atoms with Crippen LogP contribution in [0.2, 0.25) is 0 Å². The first kappa shape index (κ1) is 24.9. The van der Waals surface area contributed by atoms with Gasteiger partial charge in [0.25, 0.3) is 17.7 Å². The summed E-state index contributed by atoms with van der Waals surface area (Å²) in [6.07, 6.45) is -3.01. The van der Waals surface area contributed by atoms with Crippen LogP contribution in [0.25, 0.3) is 0 Å². The normalized spacial score (nSPS) is 12.9. The molecular formula is C26H23F3N4O3. The molecule has 4 rings (SSSR count). The molecule has 3 aromatic rings. The number of benzene rings is 2. The maximum atomic E-state index is 12.9. The largest absolute Gasteiger partial charge is 0.416 e. The van der Waals surface area contributed by atoms with Gasteiger partial charge in [0, 0.05) is 48.2 Å². The Bertz CT molecular complexity index is 1340. The highest BCUT2D eigenvalue weighted by Gasteiger charge is 2.32. The number of hydrogen-bond donors (Lipinski definition) is 2. The lowest BCUT2D eigenvalue weighted by molar-refractivity contribution is -0.137. The minimum Gasteiger partial charge on any atom is -0.351 e. The first-order valence-electron chi connectivity index (χ1n) is 11.2. The third-order valence-electron chi connectivity index (χ3n) is 5.85. The van der Waals surface area contributed by atoms with Gasteiger partial charge in [0.05, 0.1) is 5.56 Å². The van der Waals surface area contributed by atoms with Crippen LogP contribution in [0.3, 0.4) is 0 Å². The third-order valence-corrected chi connectivity index (χ3v) is 5.85. The van der Waals surface area contributed by atoms with E-state index in [9.17, 15) is 27.6 Å². The highest BCUT2D eigenvalue weighted by Crippen LogP contribution is 2.30. The quantitative estimate of drug-likeness (QED) is 0.523. The number of carbonyl (C=O) groups is 3. The molecule has 2 heterocycles. The molecule has 2 aromatic carbocycles. The SMILES string of the molecule is CCNC(=O)c1nccc2c1CN(Cc1ccc(C(=O)Nc3ccc(C(F)(F)F)cc3)c(C)c1)C2=O. The van der Waals surface area contributed by atoms with E-state index in [0.717, 1.165) is 17.7 Å². The van der Waals surface area contributed by atoms with E-state index in [-0.39, 0.29) is 36.3 Å². The Labute approximate surface area is 205 Å². The lowest BCUT2D eigenvalue weighted by atomic mass is 10.0. The summed E-state index contributed by atoms with van der Waals surface area (Å²) < 4.78 is 38.2. The van der Waals surface area contributed by atoms with E-state index >= 15 is 0 Å². The third kappa shape index (κ3) is 5.07. The number of aryl methyl sites for hydroxylation is 1. The second-order valence-electron chi connectivity index (χ2n) is 8.38. The van der Waals surface area contributed by atoms with Crippen molar-refractivity contribution in [2.75, 3.05) is 11.9 Å². The molecule has 1 aliphatic heterocycles. The number of aromatic nitrogens is 1. The van der Waals surface area contributed by atoms with E-state index in [1.807, 2.05) is 0 Å². The molecule has 0 bridgehead atoms. The molecule has 0 fully saturated rings. The number of alkyl halides is 3. The zero-order chi connectivity index (χ0) is 26.0. The predicted octanol–water partition coefficient (Wildman–Crippen LogP) is 4.57. The van der Waals surface area contributed by atoms with Crippen molar-refractivity contribution in [2.45, 2.75) is 33.1 Å². The van der Waals surface area contributed by atoms with Crippen molar-refractivity contribution in [1.82, 2.24) is 15.2 Å². The number of rotatable bonds is 6. The molecule has 0 spiro atoms. The fraction of sp³-hybridized carbons (Fsp3) is 0.231. The van der Waals surface area contributed by atoms with E-state index < -0.39 is 17.6 Å². The molecule has 36 heavy (non-hydrogen) atoms. The van der Waals surface area contributed by atoms with Crippen molar-refractivity contribution in [2.24, 2.45) is 0 Å². The van der Waals surface area contributed by atoms with E-state index in [4.69, 9.17) is 0 Å². The minimum atomic E-state index is -4.45. The van der Waals surface area contributed by atoms with Gasteiger partial charge in [-0.05, 0) is 61.4 Å². The molecular weight excluding hydrogens is 473 g/mol. The van der Waals surface area contributed by atoms with Gasteiger partial charge in [-0.1, -0.05) is 12.1 Å². The summed E-state index contributed by atoms with van der Waals surface area (Å²) in [5.41, 5.74) is 2.49. The van der Waals surface area contributed by atoms with Crippen molar-refractivity contribution in [1.29, 1.82) is 0 Å². The van der Waals surface area contributed by atoms with Gasteiger partial charge in [0.2, 0.25) is 0 Å². The van der Waals surface area contributed by atoms with Crippen LogP contribution in [-0.4, -0.2) is 34.2 Å². The lowest BCUT2D eigenvalue weighted by Crippen LogP contribution is -2.25. The van der Waals surface area contributed by atoms with Gasteiger partial charge in [0.15, 0.2) is 0 Å². The van der Waals surface area contributed by atoms with Crippen LogP contribution in [-0.2, 0) is 19.3 Å². The van der Waals surface area contributed by atoms with Gasteiger partial charge in [0.1, 0.15) is 5.69 Å². The molecule has 0 radical (unpaired) electrons. The summed E-state index contributed by atoms with van der Waals surface area (Å²) in [6, 6.07) is 10.9. The standard InChI is InChI=1S/C26H23F3N4O3/c1-3-30-24(35)22-21-14-33(25(36)20(21)10-11-31-22)13-16-4-9-19(15(2)12-16)23(34)32-18-7-5-17(6-8-18)26(27,28)29/h4-12H,3,13-14H2,1-2H3,(H,30,35)(H,32,34). The Morgan fingerprint density at radius 3 is 2.42 bits per heavy atom. The average Bonchev–Trinajstić information content (AvgIpc) is 3.14. The number of nitrogens with zero attached hydrogens (tertiary/aromatic N) is 2. The predicted molar refractivity (Wildman–Crippen MR) is 126 cm³/mol. The molecule has 0 atom stereocenters. The van der Waals surface area contributed by atoms with Crippen molar-refractivity contribution in [3.63, 3.8) is 0 Å². The van der Waals surface area contributed by atoms with Gasteiger partial charge in [-0.2, -0.15) is 13.2 Å². The second kappa shape index (κ2) is 9.80. The Hall–Kier alpha value is -4.21. The maximum Gasteiger partial charge on any atom is 0.416 e. The smallest absolute Gasteiger partial charge is 0.351 e. The Kier molecular flexibility index (Phi) is 6.78. The Balaban J connectivity index is 1.46. The van der Waals surface area contributed by atoms with Crippen molar-refractivity contribution >= 4 is 23.4 Å². The fourth-order valence-corrected chi connectivity index (χ4v) is 4.09.